The molecule has 0 bridgehead atoms. The highest BCUT2D eigenvalue weighted by Crippen LogP contribution is 1.97. The zero-order valence-electron chi connectivity index (χ0n) is 7.13. The van der Waals surface area contributed by atoms with E-state index in [2.05, 4.69) is 20.0 Å². The summed E-state index contributed by atoms with van der Waals surface area (Å²) in [4.78, 5) is 30.2. The van der Waals surface area contributed by atoms with Crippen molar-refractivity contribution in [1.29, 1.82) is 0 Å². The van der Waals surface area contributed by atoms with Crippen molar-refractivity contribution in [2.45, 2.75) is 6.92 Å². The minimum absolute atomic E-state index is 0.0660. The second kappa shape index (κ2) is 4.12. The van der Waals surface area contributed by atoms with Crippen LogP contribution >= 0.6 is 0 Å². The van der Waals surface area contributed by atoms with Gasteiger partial charge in [0.1, 0.15) is 0 Å². The number of aromatic nitrogens is 2. The fourth-order valence-corrected chi connectivity index (χ4v) is 0.667. The van der Waals surface area contributed by atoms with Crippen molar-refractivity contribution < 1.29 is 14.6 Å². The largest absolute Gasteiger partial charge is 0.435 e. The van der Waals surface area contributed by atoms with Crippen LogP contribution in [-0.2, 0) is 9.63 Å². The molecule has 74 valence electrons. The van der Waals surface area contributed by atoms with E-state index in [-0.39, 0.29) is 5.69 Å². The highest BCUT2D eigenvalue weighted by molar-refractivity contribution is 5.90. The van der Waals surface area contributed by atoms with Gasteiger partial charge >= 0.3 is 11.8 Å². The van der Waals surface area contributed by atoms with Gasteiger partial charge in [0.15, 0.2) is 10.8 Å². The van der Waals surface area contributed by atoms with Gasteiger partial charge in [-0.25, -0.2) is 14.6 Å². The van der Waals surface area contributed by atoms with Gasteiger partial charge in [0.05, 0.1) is 12.5 Å². The summed E-state index contributed by atoms with van der Waals surface area (Å²) in [5.74, 6) is -1.33. The molecule has 1 rings (SSSR count). The Labute approximate surface area is 77.7 Å². The lowest BCUT2D eigenvalue weighted by Gasteiger charge is -1.92. The first-order valence-corrected chi connectivity index (χ1v) is 3.50. The number of hydrogen-bond acceptors (Lipinski definition) is 6. The van der Waals surface area contributed by atoms with Gasteiger partial charge in [0.2, 0.25) is 0 Å². The van der Waals surface area contributed by atoms with E-state index in [1.807, 2.05) is 0 Å². The quantitative estimate of drug-likeness (QED) is 0.235. The zero-order chi connectivity index (χ0) is 10.6. The number of nitrogens with one attached hydrogen (secondary N) is 1. The lowest BCUT2D eigenvalue weighted by Crippen LogP contribution is -2.15. The van der Waals surface area contributed by atoms with Crippen molar-refractivity contribution >= 4 is 11.8 Å². The Balaban J connectivity index is 2.91. The summed E-state index contributed by atoms with van der Waals surface area (Å²) in [5.41, 5.74) is 0.0660. The first-order chi connectivity index (χ1) is 6.61. The Morgan fingerprint density at radius 1 is 1.79 bits per heavy atom. The van der Waals surface area contributed by atoms with Gasteiger partial charge in [0.25, 0.3) is 0 Å². The van der Waals surface area contributed by atoms with Gasteiger partial charge in [-0.1, -0.05) is 0 Å². The van der Waals surface area contributed by atoms with Crippen LogP contribution in [0.4, 0.5) is 0 Å². The fourth-order valence-electron chi connectivity index (χ4n) is 0.667. The van der Waals surface area contributed by atoms with Gasteiger partial charge < -0.3 is 15.1 Å². The average molecular weight is 198 g/mol. The molecule has 14 heavy (non-hydrogen) atoms. The van der Waals surface area contributed by atoms with E-state index in [0.29, 0.717) is 0 Å². The smallest absolute Gasteiger partial charge is 0.358 e. The first-order valence-electron chi connectivity index (χ1n) is 3.50. The van der Waals surface area contributed by atoms with Crippen LogP contribution in [0, 0.1) is 10.1 Å². The number of oxime groups is 1. The topological polar surface area (TPSA) is 110 Å². The third kappa shape index (κ3) is 2.37. The first kappa shape index (κ1) is 9.84. The molecule has 1 heterocycles. The van der Waals surface area contributed by atoms with Gasteiger partial charge in [-0.05, 0) is 4.92 Å². The lowest BCUT2D eigenvalue weighted by molar-refractivity contribution is -0.351. The normalized spacial score (nSPS) is 11.1. The summed E-state index contributed by atoms with van der Waals surface area (Å²) in [6, 6.07) is 0. The molecule has 0 unspecified atom stereocenters. The maximum absolute atomic E-state index is 10.4. The number of aromatic amines is 1. The number of imidazole rings is 1. The summed E-state index contributed by atoms with van der Waals surface area (Å²) < 4.78 is 0. The monoisotopic (exact) mass is 198 g/mol. The number of rotatable bonds is 2. The van der Waals surface area contributed by atoms with Crippen molar-refractivity contribution in [2.75, 3.05) is 0 Å². The van der Waals surface area contributed by atoms with Crippen molar-refractivity contribution in [2.24, 2.45) is 5.16 Å². The van der Waals surface area contributed by atoms with Gasteiger partial charge in [0, 0.05) is 6.92 Å². The minimum atomic E-state index is -0.781. The maximum Gasteiger partial charge on any atom is 0.435 e. The number of hydrogen-bond donors (Lipinski definition) is 1. The van der Waals surface area contributed by atoms with Gasteiger partial charge in [-0.2, -0.15) is 0 Å². The molecule has 1 aromatic heterocycles. The van der Waals surface area contributed by atoms with Crippen molar-refractivity contribution in [3.05, 3.63) is 28.3 Å². The molecule has 0 aliphatic carbocycles. The van der Waals surface area contributed by atoms with Crippen LogP contribution in [0.3, 0.4) is 0 Å². The SMILES string of the molecule is CC(=O)O/N=C(/c1cnc[nH]1)[N+](=O)[O-]. The molecule has 0 aliphatic heterocycles. The van der Waals surface area contributed by atoms with E-state index in [0.717, 1.165) is 6.92 Å². The molecular formula is C6H6N4O4. The standard InChI is InChI=1S/C6H6N4O4/c1-4(11)14-9-6(10(12)13)5-2-7-3-8-5/h2-3H,1H3,(H,7,8)/b9-6-. The van der Waals surface area contributed by atoms with Crippen LogP contribution in [0.15, 0.2) is 17.7 Å². The molecule has 0 spiro atoms. The van der Waals surface area contributed by atoms with E-state index < -0.39 is 16.7 Å². The molecule has 0 saturated carbocycles. The number of nitro groups is 1. The third-order valence-corrected chi connectivity index (χ3v) is 1.17. The van der Waals surface area contributed by atoms with Crippen molar-refractivity contribution in [3.63, 3.8) is 0 Å². The Bertz CT molecular complexity index is 369. The van der Waals surface area contributed by atoms with Crippen LogP contribution in [0.25, 0.3) is 0 Å². The second-order valence-electron chi connectivity index (χ2n) is 2.22. The molecule has 0 amide bonds. The Kier molecular flexibility index (Phi) is 2.89. The number of nitrogens with zero attached hydrogens (tertiary/aromatic N) is 3. The molecule has 1 aromatic rings. The van der Waals surface area contributed by atoms with Crippen LogP contribution in [0.1, 0.15) is 12.6 Å². The van der Waals surface area contributed by atoms with E-state index in [9.17, 15) is 14.9 Å². The van der Waals surface area contributed by atoms with Crippen LogP contribution in [0.5, 0.6) is 0 Å². The molecular weight excluding hydrogens is 192 g/mol. The molecule has 8 nitrogen and oxygen atoms in total. The summed E-state index contributed by atoms with van der Waals surface area (Å²) in [7, 11) is 0. The average Bonchev–Trinajstić information content (AvgIpc) is 2.56. The van der Waals surface area contributed by atoms with Crippen LogP contribution in [-0.4, -0.2) is 26.7 Å². The molecule has 8 heteroatoms. The maximum atomic E-state index is 10.4. The fraction of sp³-hybridized carbons (Fsp3) is 0.167. The molecule has 0 saturated heterocycles. The van der Waals surface area contributed by atoms with E-state index in [4.69, 9.17) is 0 Å². The third-order valence-electron chi connectivity index (χ3n) is 1.17. The van der Waals surface area contributed by atoms with Crippen LogP contribution < -0.4 is 0 Å². The molecule has 0 radical (unpaired) electrons. The Morgan fingerprint density at radius 2 is 2.50 bits per heavy atom. The second-order valence-corrected chi connectivity index (χ2v) is 2.22. The van der Waals surface area contributed by atoms with Crippen molar-refractivity contribution in [1.82, 2.24) is 9.97 Å². The number of amidine groups is 1. The summed E-state index contributed by atoms with van der Waals surface area (Å²) in [5, 5.41) is 13.5. The molecule has 0 aromatic carbocycles. The van der Waals surface area contributed by atoms with E-state index >= 15 is 0 Å². The predicted molar refractivity (Wildman–Crippen MR) is 43.9 cm³/mol. The predicted octanol–water partition coefficient (Wildman–Crippen LogP) is -0.0889. The molecule has 0 fully saturated rings. The van der Waals surface area contributed by atoms with Gasteiger partial charge in [-0.15, -0.1) is 0 Å². The highest BCUT2D eigenvalue weighted by Gasteiger charge is 2.19. The molecule has 0 aliphatic rings. The summed E-state index contributed by atoms with van der Waals surface area (Å²) in [6.07, 6.45) is 2.45. The number of carbonyl (C=O) groups excluding carboxylic acids is 1. The zero-order valence-corrected chi connectivity index (χ0v) is 7.13. The number of carbonyl (C=O) groups is 1. The van der Waals surface area contributed by atoms with Gasteiger partial charge in [-0.3, -0.25) is 0 Å². The van der Waals surface area contributed by atoms with Crippen molar-refractivity contribution in [3.8, 4) is 0 Å². The Morgan fingerprint density at radius 3 is 2.93 bits per heavy atom. The molecule has 1 N–H and O–H groups in total. The summed E-state index contributed by atoms with van der Waals surface area (Å²) >= 11 is 0. The minimum Gasteiger partial charge on any atom is -0.358 e. The lowest BCUT2D eigenvalue weighted by atomic mass is 10.4. The molecule has 0 atom stereocenters. The van der Waals surface area contributed by atoms with E-state index in [1.54, 1.807) is 0 Å². The van der Waals surface area contributed by atoms with E-state index in [1.165, 1.54) is 12.5 Å². The highest BCUT2D eigenvalue weighted by atomic mass is 16.7. The Hall–Kier alpha value is -2.25. The van der Waals surface area contributed by atoms with Crippen LogP contribution in [0.2, 0.25) is 0 Å². The number of H-pyrrole nitrogens is 1. The summed E-state index contributed by atoms with van der Waals surface area (Å²) in [6.45, 7) is 1.09.